The molecule has 0 aromatic heterocycles. The van der Waals surface area contributed by atoms with E-state index in [-0.39, 0.29) is 0 Å². The van der Waals surface area contributed by atoms with Gasteiger partial charge >= 0.3 is 110 Å². The minimum atomic E-state index is 0.388. The van der Waals surface area contributed by atoms with E-state index in [4.69, 9.17) is 0 Å². The van der Waals surface area contributed by atoms with Gasteiger partial charge in [0.1, 0.15) is 0 Å². The Labute approximate surface area is 111 Å². The molecule has 1 aromatic carbocycles. The van der Waals surface area contributed by atoms with Crippen LogP contribution in [0.3, 0.4) is 0 Å². The molecular weight excluding hydrogens is 273 g/mol. The van der Waals surface area contributed by atoms with Crippen LogP contribution in [0.5, 0.6) is 0 Å². The van der Waals surface area contributed by atoms with Gasteiger partial charge in [0.25, 0.3) is 0 Å². The van der Waals surface area contributed by atoms with Crippen LogP contribution in [0.1, 0.15) is 17.9 Å². The van der Waals surface area contributed by atoms with Crippen LogP contribution in [0, 0.1) is 0 Å². The molecule has 1 rings (SSSR count). The van der Waals surface area contributed by atoms with E-state index in [1.54, 1.807) is 0 Å². The second kappa shape index (κ2) is 8.05. The Bertz CT molecular complexity index is 381. The summed E-state index contributed by atoms with van der Waals surface area (Å²) in [4.78, 5) is 4.63. The van der Waals surface area contributed by atoms with E-state index in [1.165, 1.54) is 10.2 Å². The molecule has 1 aromatic rings. The third-order valence-electron chi connectivity index (χ3n) is 2.49. The molecule has 0 fully saturated rings. The van der Waals surface area contributed by atoms with Crippen LogP contribution in [0.15, 0.2) is 60.6 Å². The molecule has 90 valence electrons. The topological polar surface area (TPSA) is 12.4 Å². The van der Waals surface area contributed by atoms with Crippen molar-refractivity contribution in [3.05, 3.63) is 61.2 Å². The maximum atomic E-state index is 4.63. The van der Waals surface area contributed by atoms with Crippen molar-refractivity contribution in [2.45, 2.75) is 18.2 Å². The Balaban J connectivity index is 2.98. The Morgan fingerprint density at radius 1 is 1.29 bits per heavy atom. The zero-order valence-electron chi connectivity index (χ0n) is 10.3. The van der Waals surface area contributed by atoms with Crippen LogP contribution in [-0.4, -0.2) is 26.1 Å². The number of aliphatic imine (C=N–C) groups is 1. The fourth-order valence-electron chi connectivity index (χ4n) is 1.70. The van der Waals surface area contributed by atoms with Crippen LogP contribution in [0.4, 0.5) is 0 Å². The summed E-state index contributed by atoms with van der Waals surface area (Å²) in [7, 11) is 0. The van der Waals surface area contributed by atoms with Crippen LogP contribution in [0.2, 0.25) is 5.82 Å². The Morgan fingerprint density at radius 3 is 2.53 bits per heavy atom. The first-order valence-electron chi connectivity index (χ1n) is 5.68. The van der Waals surface area contributed by atoms with Crippen molar-refractivity contribution in [3.63, 3.8) is 0 Å². The first-order valence-corrected chi connectivity index (χ1v) is 8.25. The van der Waals surface area contributed by atoms with Crippen molar-refractivity contribution in [2.24, 2.45) is 4.99 Å². The molecule has 0 saturated heterocycles. The molecule has 0 radical (unpaired) electrons. The maximum absolute atomic E-state index is 4.63. The molecular formula is C15H19NSe. The molecule has 1 unspecified atom stereocenters. The van der Waals surface area contributed by atoms with Gasteiger partial charge in [-0.15, -0.1) is 0 Å². The monoisotopic (exact) mass is 293 g/mol. The van der Waals surface area contributed by atoms with Crippen LogP contribution in [0.25, 0.3) is 0 Å². The first kappa shape index (κ1) is 14.0. The molecule has 0 amide bonds. The summed E-state index contributed by atoms with van der Waals surface area (Å²) < 4.78 is 1.29. The minimum absolute atomic E-state index is 0.388. The molecule has 1 atom stereocenters. The third kappa shape index (κ3) is 4.33. The summed E-state index contributed by atoms with van der Waals surface area (Å²) >= 11 is 0.423. The number of rotatable bonds is 7. The second-order valence-electron chi connectivity index (χ2n) is 3.66. The Kier molecular flexibility index (Phi) is 6.61. The van der Waals surface area contributed by atoms with Gasteiger partial charge in [0.05, 0.1) is 0 Å². The van der Waals surface area contributed by atoms with Crippen molar-refractivity contribution in [3.8, 4) is 0 Å². The average molecular weight is 292 g/mol. The van der Waals surface area contributed by atoms with Crippen molar-refractivity contribution < 1.29 is 0 Å². The second-order valence-corrected chi connectivity index (χ2v) is 5.39. The summed E-state index contributed by atoms with van der Waals surface area (Å²) in [6, 6.07) is 10.6. The fourth-order valence-corrected chi connectivity index (χ4v) is 3.21. The van der Waals surface area contributed by atoms with E-state index < -0.39 is 0 Å². The van der Waals surface area contributed by atoms with E-state index in [9.17, 15) is 0 Å². The van der Waals surface area contributed by atoms with Gasteiger partial charge in [0.15, 0.2) is 0 Å². The fraction of sp³-hybridized carbons (Fsp3) is 0.267. The zero-order valence-corrected chi connectivity index (χ0v) is 12.0. The molecule has 0 saturated carbocycles. The van der Waals surface area contributed by atoms with E-state index in [1.807, 2.05) is 18.2 Å². The average Bonchev–Trinajstić information content (AvgIpc) is 2.39. The normalized spacial score (nSPS) is 13.1. The molecule has 0 aliphatic rings. The summed E-state index contributed by atoms with van der Waals surface area (Å²) in [5.74, 6) is 2.60. The predicted molar refractivity (Wildman–Crippen MR) is 78.1 cm³/mol. The van der Waals surface area contributed by atoms with Crippen molar-refractivity contribution in [2.75, 3.05) is 6.54 Å². The Morgan fingerprint density at radius 2 is 2.00 bits per heavy atom. The molecule has 0 aliphatic heterocycles. The summed E-state index contributed by atoms with van der Waals surface area (Å²) in [5.41, 5.74) is 1.33. The summed E-state index contributed by atoms with van der Waals surface area (Å²) in [6.07, 6.45) is 4.78. The quantitative estimate of drug-likeness (QED) is 0.413. The van der Waals surface area contributed by atoms with Gasteiger partial charge in [-0.05, 0) is 0 Å². The van der Waals surface area contributed by atoms with Crippen molar-refractivity contribution in [1.82, 2.24) is 0 Å². The van der Waals surface area contributed by atoms with Gasteiger partial charge in [-0.1, -0.05) is 0 Å². The van der Waals surface area contributed by atoms with E-state index in [0.717, 1.165) is 6.42 Å². The standard InChI is InChI=1S/C15H19NSe/c1-4-9-14(13-10-7-6-8-11-13)15(17-3)16-12-5-2/h4-8,10-11,14H,1-2,9,12H2,3H3. The van der Waals surface area contributed by atoms with E-state index >= 15 is 0 Å². The predicted octanol–water partition coefficient (Wildman–Crippen LogP) is 3.68. The molecule has 0 aliphatic carbocycles. The van der Waals surface area contributed by atoms with Gasteiger partial charge in [0, 0.05) is 0 Å². The van der Waals surface area contributed by atoms with Gasteiger partial charge in [-0.25, -0.2) is 0 Å². The summed E-state index contributed by atoms with van der Waals surface area (Å²) in [5, 5.41) is 0. The molecule has 0 N–H and O–H groups in total. The van der Waals surface area contributed by atoms with Crippen molar-refractivity contribution in [1.29, 1.82) is 0 Å². The van der Waals surface area contributed by atoms with E-state index in [2.05, 4.69) is 48.2 Å². The Hall–Kier alpha value is -1.11. The van der Waals surface area contributed by atoms with Gasteiger partial charge in [0.2, 0.25) is 0 Å². The molecule has 17 heavy (non-hydrogen) atoms. The number of hydrogen-bond acceptors (Lipinski definition) is 1. The van der Waals surface area contributed by atoms with E-state index in [0.29, 0.717) is 27.4 Å². The molecule has 0 heterocycles. The molecule has 1 nitrogen and oxygen atoms in total. The number of benzene rings is 1. The van der Waals surface area contributed by atoms with Crippen LogP contribution >= 0.6 is 0 Å². The SMILES string of the molecule is C=CCN=C([Se]C)C(CC=C)c1ccccc1. The van der Waals surface area contributed by atoms with Crippen LogP contribution < -0.4 is 0 Å². The van der Waals surface area contributed by atoms with Gasteiger partial charge < -0.3 is 0 Å². The third-order valence-corrected chi connectivity index (χ3v) is 4.23. The molecule has 2 heteroatoms. The number of nitrogens with zero attached hydrogens (tertiary/aromatic N) is 1. The first-order chi connectivity index (χ1) is 8.33. The summed E-state index contributed by atoms with van der Waals surface area (Å²) in [6.45, 7) is 8.29. The number of allylic oxidation sites excluding steroid dienone is 1. The van der Waals surface area contributed by atoms with Gasteiger partial charge in [-0.3, -0.25) is 0 Å². The number of hydrogen-bond donors (Lipinski definition) is 0. The van der Waals surface area contributed by atoms with Crippen molar-refractivity contribution >= 4 is 19.6 Å². The molecule has 0 spiro atoms. The molecule has 0 bridgehead atoms. The van der Waals surface area contributed by atoms with Crippen LogP contribution in [-0.2, 0) is 0 Å². The zero-order chi connectivity index (χ0) is 12.5. The van der Waals surface area contributed by atoms with Gasteiger partial charge in [-0.2, -0.15) is 0 Å².